The Balaban J connectivity index is 0.00000392. The number of guanidine groups is 1. The summed E-state index contributed by atoms with van der Waals surface area (Å²) in [6.45, 7) is 3.86. The number of halogens is 1. The van der Waals surface area contributed by atoms with Crippen molar-refractivity contribution in [2.45, 2.75) is 32.2 Å². The molecule has 154 valence electrons. The van der Waals surface area contributed by atoms with Crippen molar-refractivity contribution >= 4 is 45.6 Å². The lowest BCUT2D eigenvalue weighted by Crippen LogP contribution is -2.31. The minimum atomic E-state index is -3.41. The second-order valence-electron chi connectivity index (χ2n) is 6.36. The minimum absolute atomic E-state index is 0. The lowest BCUT2D eigenvalue weighted by atomic mass is 10.1. The van der Waals surface area contributed by atoms with E-state index in [1.54, 1.807) is 27.0 Å². The molecule has 0 amide bonds. The highest BCUT2D eigenvalue weighted by molar-refractivity contribution is 14.0. The normalized spacial score (nSPS) is 11.8. The van der Waals surface area contributed by atoms with Gasteiger partial charge in [0.2, 0.25) is 10.0 Å². The molecule has 28 heavy (non-hydrogen) atoms. The smallest absolute Gasteiger partial charge is 0.216 e. The summed E-state index contributed by atoms with van der Waals surface area (Å²) in [6, 6.07) is 14.5. The van der Waals surface area contributed by atoms with Crippen LogP contribution in [0.2, 0.25) is 0 Å². The van der Waals surface area contributed by atoms with Gasteiger partial charge < -0.3 is 15.8 Å². The van der Waals surface area contributed by atoms with E-state index in [-0.39, 0.29) is 48.3 Å². The van der Waals surface area contributed by atoms with Crippen LogP contribution in [-0.4, -0.2) is 27.5 Å². The second-order valence-corrected chi connectivity index (χ2v) is 8.11. The number of rotatable bonds is 8. The summed E-state index contributed by atoms with van der Waals surface area (Å²) in [5, 5.41) is 3.00. The number of anilines is 1. The van der Waals surface area contributed by atoms with Crippen LogP contribution in [-0.2, 0) is 22.3 Å². The molecule has 0 fully saturated rings. The van der Waals surface area contributed by atoms with Crippen LogP contribution in [0.3, 0.4) is 0 Å². The zero-order chi connectivity index (χ0) is 19.9. The van der Waals surface area contributed by atoms with E-state index in [0.717, 1.165) is 17.0 Å². The number of methoxy groups -OCH3 is 1. The topological polar surface area (TPSA) is 106 Å². The third kappa shape index (κ3) is 8.03. The van der Waals surface area contributed by atoms with E-state index >= 15 is 0 Å². The fraction of sp³-hybridized carbons (Fsp3) is 0.316. The molecule has 0 aromatic heterocycles. The lowest BCUT2D eigenvalue weighted by Gasteiger charge is -2.12. The molecule has 0 heterocycles. The van der Waals surface area contributed by atoms with Gasteiger partial charge in [-0.1, -0.05) is 24.3 Å². The third-order valence-electron chi connectivity index (χ3n) is 3.66. The Kier molecular flexibility index (Phi) is 9.70. The van der Waals surface area contributed by atoms with Crippen LogP contribution in [0.1, 0.15) is 25.0 Å². The Bertz CT molecular complexity index is 884. The summed E-state index contributed by atoms with van der Waals surface area (Å²) in [7, 11) is -1.80. The third-order valence-corrected chi connectivity index (χ3v) is 5.18. The van der Waals surface area contributed by atoms with E-state index in [0.29, 0.717) is 5.56 Å². The number of nitrogens with zero attached hydrogens (tertiary/aromatic N) is 1. The summed E-state index contributed by atoms with van der Waals surface area (Å²) < 4.78 is 32.1. The molecule has 2 aromatic rings. The quantitative estimate of drug-likeness (QED) is 0.283. The van der Waals surface area contributed by atoms with E-state index in [4.69, 9.17) is 10.5 Å². The van der Waals surface area contributed by atoms with Gasteiger partial charge >= 0.3 is 0 Å². The maximum absolute atomic E-state index is 12.2. The Morgan fingerprint density at radius 2 is 1.71 bits per heavy atom. The predicted molar refractivity (Wildman–Crippen MR) is 125 cm³/mol. The summed E-state index contributed by atoms with van der Waals surface area (Å²) in [5.74, 6) is 0.905. The van der Waals surface area contributed by atoms with E-state index in [2.05, 4.69) is 15.0 Å². The zero-order valence-electron chi connectivity index (χ0n) is 16.2. The molecule has 0 saturated carbocycles. The molecule has 0 bridgehead atoms. The molecule has 4 N–H and O–H groups in total. The van der Waals surface area contributed by atoms with Crippen LogP contribution in [0.15, 0.2) is 53.5 Å². The highest BCUT2D eigenvalue weighted by Crippen LogP contribution is 2.16. The van der Waals surface area contributed by atoms with E-state index in [9.17, 15) is 8.42 Å². The molecule has 2 aromatic carbocycles. The molecule has 7 nitrogen and oxygen atoms in total. The molecule has 0 aliphatic heterocycles. The summed E-state index contributed by atoms with van der Waals surface area (Å²) in [5.41, 5.74) is 8.24. The van der Waals surface area contributed by atoms with Crippen LogP contribution in [0.25, 0.3) is 0 Å². The van der Waals surface area contributed by atoms with Gasteiger partial charge in [-0.2, -0.15) is 0 Å². The summed E-state index contributed by atoms with van der Waals surface area (Å²) in [4.78, 5) is 4.32. The Hall–Kier alpha value is -1.85. The molecule has 0 radical (unpaired) electrons. The van der Waals surface area contributed by atoms with Crippen LogP contribution in [0, 0.1) is 0 Å². The van der Waals surface area contributed by atoms with Crippen molar-refractivity contribution in [1.29, 1.82) is 0 Å². The van der Waals surface area contributed by atoms with E-state index in [1.165, 1.54) is 0 Å². The van der Waals surface area contributed by atoms with Crippen LogP contribution in [0.4, 0.5) is 5.69 Å². The van der Waals surface area contributed by atoms with Crippen molar-refractivity contribution in [3.63, 3.8) is 0 Å². The number of nitrogens with two attached hydrogens (primary N) is 1. The number of sulfonamides is 1. The van der Waals surface area contributed by atoms with Gasteiger partial charge in [-0.05, 0) is 49.2 Å². The predicted octanol–water partition coefficient (Wildman–Crippen LogP) is 3.07. The standard InChI is InChI=1S/C19H26N4O3S.HI/c1-14(2)23-27(24,25)13-16-7-5-4-6-15(16)12-21-19(20)22-17-8-10-18(26-3)11-9-17;/h4-11,14,23H,12-13H2,1-3H3,(H3,20,21,22);1H. The molecule has 0 aliphatic carbocycles. The van der Waals surface area contributed by atoms with Gasteiger partial charge in [0.25, 0.3) is 0 Å². The van der Waals surface area contributed by atoms with Crippen LogP contribution >= 0.6 is 24.0 Å². The van der Waals surface area contributed by atoms with Crippen molar-refractivity contribution in [2.24, 2.45) is 10.7 Å². The molecular weight excluding hydrogens is 491 g/mol. The minimum Gasteiger partial charge on any atom is -0.497 e. The molecular formula is C19H27IN4O3S. The van der Waals surface area contributed by atoms with Gasteiger partial charge in [-0.3, -0.25) is 0 Å². The van der Waals surface area contributed by atoms with E-state index in [1.807, 2.05) is 42.5 Å². The van der Waals surface area contributed by atoms with Crippen molar-refractivity contribution in [2.75, 3.05) is 12.4 Å². The molecule has 0 spiro atoms. The van der Waals surface area contributed by atoms with Gasteiger partial charge in [-0.25, -0.2) is 18.1 Å². The zero-order valence-corrected chi connectivity index (χ0v) is 19.3. The molecule has 0 unspecified atom stereocenters. The van der Waals surface area contributed by atoms with E-state index < -0.39 is 10.0 Å². The number of hydrogen-bond acceptors (Lipinski definition) is 4. The van der Waals surface area contributed by atoms with Crippen LogP contribution < -0.4 is 20.5 Å². The number of nitrogens with one attached hydrogen (secondary N) is 2. The first kappa shape index (κ1) is 24.2. The number of hydrogen-bond donors (Lipinski definition) is 3. The van der Waals surface area contributed by atoms with Gasteiger partial charge in [0, 0.05) is 11.7 Å². The van der Waals surface area contributed by atoms with Crippen molar-refractivity contribution in [1.82, 2.24) is 4.72 Å². The molecule has 0 saturated heterocycles. The Morgan fingerprint density at radius 1 is 1.11 bits per heavy atom. The monoisotopic (exact) mass is 518 g/mol. The van der Waals surface area contributed by atoms with Crippen molar-refractivity contribution in [3.05, 3.63) is 59.7 Å². The number of ether oxygens (including phenoxy) is 1. The maximum Gasteiger partial charge on any atom is 0.216 e. The average molecular weight is 518 g/mol. The second kappa shape index (κ2) is 11.2. The summed E-state index contributed by atoms with van der Waals surface area (Å²) >= 11 is 0. The van der Waals surface area contributed by atoms with Gasteiger partial charge in [0.15, 0.2) is 5.96 Å². The first-order valence-corrected chi connectivity index (χ1v) is 10.2. The highest BCUT2D eigenvalue weighted by Gasteiger charge is 2.15. The highest BCUT2D eigenvalue weighted by atomic mass is 127. The lowest BCUT2D eigenvalue weighted by molar-refractivity contribution is 0.415. The molecule has 9 heteroatoms. The molecule has 0 aliphatic rings. The van der Waals surface area contributed by atoms with Gasteiger partial charge in [0.1, 0.15) is 5.75 Å². The van der Waals surface area contributed by atoms with Crippen LogP contribution in [0.5, 0.6) is 5.75 Å². The fourth-order valence-corrected chi connectivity index (χ4v) is 3.98. The number of benzene rings is 2. The van der Waals surface area contributed by atoms with Crippen molar-refractivity contribution < 1.29 is 13.2 Å². The Labute approximate surface area is 183 Å². The number of aliphatic imine (C=N–C) groups is 1. The average Bonchev–Trinajstić information content (AvgIpc) is 2.60. The fourth-order valence-electron chi connectivity index (χ4n) is 2.49. The maximum atomic E-state index is 12.2. The Morgan fingerprint density at radius 3 is 2.29 bits per heavy atom. The molecule has 2 rings (SSSR count). The van der Waals surface area contributed by atoms with Gasteiger partial charge in [-0.15, -0.1) is 24.0 Å². The SMILES string of the molecule is COc1ccc(NC(N)=NCc2ccccc2CS(=O)(=O)NC(C)C)cc1.I. The van der Waals surface area contributed by atoms with Gasteiger partial charge in [0.05, 0.1) is 19.4 Å². The largest absolute Gasteiger partial charge is 0.497 e. The first-order valence-electron chi connectivity index (χ1n) is 8.57. The summed E-state index contributed by atoms with van der Waals surface area (Å²) in [6.07, 6.45) is 0. The first-order chi connectivity index (χ1) is 12.8. The molecule has 0 atom stereocenters. The van der Waals surface area contributed by atoms with Crippen molar-refractivity contribution in [3.8, 4) is 5.75 Å².